The topological polar surface area (TPSA) is 0 Å². The zero-order valence-electron chi connectivity index (χ0n) is 2.01. The predicted octanol–water partition coefficient (Wildman–Crippen LogP) is 2.07. The Labute approximate surface area is 76.9 Å². The predicted molar refractivity (Wildman–Crippen MR) is 17.6 cm³/mol. The van der Waals surface area contributed by atoms with Gasteiger partial charge in [-0.2, -0.15) is 0 Å². The minimum Gasteiger partial charge on any atom is 0 e. The monoisotopic (exact) mass is 359 g/mol. The molecule has 0 aliphatic rings. The third kappa shape index (κ3) is 18.9. The van der Waals surface area contributed by atoms with E-state index in [0.29, 0.717) is 0 Å². The molecule has 0 heterocycles. The van der Waals surface area contributed by atoms with Gasteiger partial charge in [-0.3, -0.25) is 0 Å². The van der Waals surface area contributed by atoms with E-state index >= 15 is 0 Å². The van der Waals surface area contributed by atoms with Crippen molar-refractivity contribution in [3.63, 3.8) is 0 Å². The first kappa shape index (κ1) is 11.1. The molecular weight excluding hydrogens is 360 g/mol. The van der Waals surface area contributed by atoms with Gasteiger partial charge in [0.2, 0.25) is 0 Å². The second-order valence-electron chi connectivity index (χ2n) is 0.129. The normalized spacial score (nSPS) is 9.00. The van der Waals surface area contributed by atoms with Gasteiger partial charge in [0.15, 0.2) is 0 Å². The average Bonchev–Trinajstić information content (AvgIpc) is 0.811. The van der Waals surface area contributed by atoms with Crippen LogP contribution in [-0.4, -0.2) is 0 Å². The molecule has 0 N–H and O–H groups in total. The molecule has 0 aromatic heterocycles. The van der Waals surface area contributed by atoms with E-state index in [2.05, 4.69) is 0 Å². The van der Waals surface area contributed by atoms with Crippen molar-refractivity contribution in [3.05, 3.63) is 0 Å². The maximum absolute atomic E-state index is 4.95. The summed E-state index contributed by atoms with van der Waals surface area (Å²) >= 11 is -1.79. The molecule has 0 saturated carbocycles. The Bertz CT molecular complexity index is 11.6. The third-order valence-corrected chi connectivity index (χ3v) is 0. The first-order chi connectivity index (χ1) is 1.73. The van der Waals surface area contributed by atoms with Crippen molar-refractivity contribution in [1.82, 2.24) is 0 Å². The molecule has 0 bridgehead atoms. The molecule has 0 atom stereocenters. The summed E-state index contributed by atoms with van der Waals surface area (Å²) in [5, 5.41) is 0. The van der Waals surface area contributed by atoms with E-state index in [4.69, 9.17) is 19.2 Å². The minimum atomic E-state index is -1.79. The quantitative estimate of drug-likeness (QED) is 0.581. The number of rotatable bonds is 0. The molecule has 0 aliphatic heterocycles. The van der Waals surface area contributed by atoms with Gasteiger partial charge in [-0.05, 0) is 0 Å². The van der Waals surface area contributed by atoms with Gasteiger partial charge in [0.25, 0.3) is 0 Å². The Morgan fingerprint density at radius 3 is 1.00 bits per heavy atom. The molecule has 0 rings (SSSR count). The summed E-state index contributed by atoms with van der Waals surface area (Å²) in [6.45, 7) is 0. The first-order valence-corrected chi connectivity index (χ1v) is 7.61. The summed E-state index contributed by atoms with van der Waals surface area (Å²) in [5.41, 5.74) is 0. The Balaban J connectivity index is 0. The maximum Gasteiger partial charge on any atom is 0 e. The SMILES string of the molecule is [Cl][Ho]([Cl])[Cl].[Y]. The molecular formula is Cl3HoY. The molecule has 0 spiro atoms. The summed E-state index contributed by atoms with van der Waals surface area (Å²) in [6.07, 6.45) is 14.9. The van der Waals surface area contributed by atoms with E-state index in [9.17, 15) is 0 Å². The molecule has 0 amide bonds. The van der Waals surface area contributed by atoms with Crippen LogP contribution in [-0.2, 0) is 32.7 Å². The van der Waals surface area contributed by atoms with Gasteiger partial charge in [0, 0.05) is 32.7 Å². The standard InChI is InChI=1S/3ClH.Ho.Y/h3*1H;;/q;;;+3;/p-3. The van der Waals surface area contributed by atoms with Crippen LogP contribution in [0.3, 0.4) is 0 Å². The molecule has 0 unspecified atom stereocenters. The van der Waals surface area contributed by atoms with Crippen molar-refractivity contribution in [2.75, 3.05) is 0 Å². The van der Waals surface area contributed by atoms with Gasteiger partial charge in [0.1, 0.15) is 0 Å². The van der Waals surface area contributed by atoms with E-state index in [0.717, 1.165) is 0 Å². The minimum absolute atomic E-state index is 0. The van der Waals surface area contributed by atoms with E-state index in [1.807, 2.05) is 0 Å². The number of hydrogen-bond donors (Lipinski definition) is 0. The summed E-state index contributed by atoms with van der Waals surface area (Å²) in [6, 6.07) is 0. The fourth-order valence-electron chi connectivity index (χ4n) is 0. The van der Waals surface area contributed by atoms with Crippen LogP contribution in [0.5, 0.6) is 0 Å². The van der Waals surface area contributed by atoms with Gasteiger partial charge >= 0.3 is 46.6 Å². The smallest absolute Gasteiger partial charge is 0 e. The Hall–Kier alpha value is 3.23. The molecule has 0 aromatic carbocycles. The first-order valence-electron chi connectivity index (χ1n) is 0.342. The van der Waals surface area contributed by atoms with Crippen LogP contribution >= 0.6 is 19.2 Å². The summed E-state index contributed by atoms with van der Waals surface area (Å²) in [7, 11) is 0. The summed E-state index contributed by atoms with van der Waals surface area (Å²) < 4.78 is 0. The van der Waals surface area contributed by atoms with Crippen molar-refractivity contribution in [2.24, 2.45) is 0 Å². The van der Waals surface area contributed by atoms with Crippen molar-refractivity contribution in [1.29, 1.82) is 0 Å². The molecule has 35 valence electrons. The van der Waals surface area contributed by atoms with Crippen molar-refractivity contribution >= 4 is 19.2 Å². The van der Waals surface area contributed by atoms with E-state index in [1.165, 1.54) is 0 Å². The van der Waals surface area contributed by atoms with Gasteiger partial charge in [0.05, 0.1) is 0 Å². The second kappa shape index (κ2) is 7.23. The summed E-state index contributed by atoms with van der Waals surface area (Å²) in [5.74, 6) is 0. The molecule has 0 nitrogen and oxygen atoms in total. The van der Waals surface area contributed by atoms with Crippen LogP contribution in [0.1, 0.15) is 0 Å². The molecule has 0 saturated heterocycles. The van der Waals surface area contributed by atoms with Crippen molar-refractivity contribution in [2.45, 2.75) is 0 Å². The van der Waals surface area contributed by atoms with Crippen LogP contribution in [0.25, 0.3) is 0 Å². The Morgan fingerprint density at radius 1 is 1.00 bits per heavy atom. The van der Waals surface area contributed by atoms with E-state index in [1.54, 1.807) is 0 Å². The number of hydrogen-bond acceptors (Lipinski definition) is 0. The molecule has 5 heteroatoms. The zero-order valence-corrected chi connectivity index (χ0v) is 9.05. The fourth-order valence-corrected chi connectivity index (χ4v) is 0. The van der Waals surface area contributed by atoms with Gasteiger partial charge < -0.3 is 0 Å². The molecule has 5 heavy (non-hydrogen) atoms. The van der Waals surface area contributed by atoms with Crippen LogP contribution in [0.2, 0.25) is 0 Å². The van der Waals surface area contributed by atoms with E-state index in [-0.39, 0.29) is 32.7 Å². The molecule has 0 aromatic rings. The summed E-state index contributed by atoms with van der Waals surface area (Å²) in [4.78, 5) is 0. The van der Waals surface area contributed by atoms with Gasteiger partial charge in [-0.25, -0.2) is 0 Å². The molecule has 1 radical (unpaired) electrons. The van der Waals surface area contributed by atoms with Crippen LogP contribution < -0.4 is 0 Å². The fraction of sp³-hybridized carbons (Fsp3) is 0. The molecule has 0 fully saturated rings. The average molecular weight is 360 g/mol. The van der Waals surface area contributed by atoms with Crippen molar-refractivity contribution < 1.29 is 60.1 Å². The van der Waals surface area contributed by atoms with Crippen LogP contribution in [0.15, 0.2) is 0 Å². The second-order valence-corrected chi connectivity index (χ2v) is 8.62. The van der Waals surface area contributed by atoms with Crippen LogP contribution in [0.4, 0.5) is 0 Å². The largest absolute Gasteiger partial charge is 0 e. The van der Waals surface area contributed by atoms with Crippen LogP contribution in [0, 0.1) is 27.4 Å². The number of halogens is 3. The van der Waals surface area contributed by atoms with Gasteiger partial charge in [-0.1, -0.05) is 0 Å². The maximum atomic E-state index is 4.95. The van der Waals surface area contributed by atoms with Gasteiger partial charge in [-0.15, -0.1) is 0 Å². The van der Waals surface area contributed by atoms with E-state index < -0.39 is 27.4 Å². The zero-order chi connectivity index (χ0) is 3.58. The Kier molecular flexibility index (Phi) is 16.0. The molecule has 0 aliphatic carbocycles. The Morgan fingerprint density at radius 2 is 1.00 bits per heavy atom. The van der Waals surface area contributed by atoms with Crippen molar-refractivity contribution in [3.8, 4) is 0 Å². The third-order valence-electron chi connectivity index (χ3n) is 0.